The molecule has 8 heterocycles. The van der Waals surface area contributed by atoms with Gasteiger partial charge in [-0.15, -0.1) is 0 Å². The first-order chi connectivity index (χ1) is 42.0. The van der Waals surface area contributed by atoms with Gasteiger partial charge in [0, 0.05) is 98.3 Å². The Morgan fingerprint density at radius 1 is 0.580 bits per heavy atom. The average molecular weight is 1230 g/mol. The minimum absolute atomic E-state index is 0. The highest BCUT2D eigenvalue weighted by Gasteiger charge is 2.30. The number of benzene rings is 4. The summed E-state index contributed by atoms with van der Waals surface area (Å²) in [6.07, 6.45) is 5.61. The fraction of sp³-hybridized carbons (Fsp3) is 0.143. The zero-order valence-corrected chi connectivity index (χ0v) is 49.7. The van der Waals surface area contributed by atoms with Crippen molar-refractivity contribution in [3.63, 3.8) is 0 Å². The zero-order chi connectivity index (χ0) is 62.7. The minimum Gasteiger partial charge on any atom is -0.506 e. The predicted octanol–water partition coefficient (Wildman–Crippen LogP) is 9.99. The van der Waals surface area contributed by atoms with E-state index in [4.69, 9.17) is 13.8 Å². The average Bonchev–Trinajstić information content (AvgIpc) is 1.83. The minimum atomic E-state index is -3.79. The molecule has 0 saturated carbocycles. The van der Waals surface area contributed by atoms with Gasteiger partial charge in [0.1, 0.15) is 57.2 Å². The third kappa shape index (κ3) is 10.8. The van der Waals surface area contributed by atoms with E-state index in [0.717, 1.165) is 32.2 Å². The first kappa shape index (κ1) is 59.4. The van der Waals surface area contributed by atoms with Crippen LogP contribution in [0.3, 0.4) is 0 Å². The molecule has 5 N–H and O–H groups in total. The first-order valence-electron chi connectivity index (χ1n) is 26.9. The van der Waals surface area contributed by atoms with Crippen LogP contribution in [0, 0.1) is 18.6 Å². The second kappa shape index (κ2) is 23.2. The van der Waals surface area contributed by atoms with Crippen molar-refractivity contribution in [2.45, 2.75) is 20.1 Å². The molecule has 2 amide bonds. The maximum atomic E-state index is 13.7. The molecule has 8 aromatic heterocycles. The quantitative estimate of drug-likeness (QED) is 0.0677. The number of nitrogens with one attached hydrogen (secondary N) is 2. The predicted molar refractivity (Wildman–Crippen MR) is 332 cm³/mol. The molecule has 0 aliphatic carbocycles. The molecular formula is C63H56F2N10O11S2. The van der Waals surface area contributed by atoms with Gasteiger partial charge in [-0.05, 0) is 116 Å². The van der Waals surface area contributed by atoms with E-state index in [0.29, 0.717) is 66.8 Å². The first-order valence-corrected chi connectivity index (χ1v) is 30.6. The molecule has 88 heavy (non-hydrogen) atoms. The molecule has 0 aliphatic rings. The van der Waals surface area contributed by atoms with Gasteiger partial charge in [0.25, 0.3) is 11.8 Å². The summed E-state index contributed by atoms with van der Waals surface area (Å²) in [5, 5.41) is 46.5. The van der Waals surface area contributed by atoms with Crippen molar-refractivity contribution in [1.82, 2.24) is 39.8 Å². The summed E-state index contributed by atoms with van der Waals surface area (Å²) in [6.45, 7) is 1.23. The maximum Gasteiger partial charge on any atom is 0.255 e. The summed E-state index contributed by atoms with van der Waals surface area (Å²) in [5.41, 5.74) is 8.06. The Morgan fingerprint density at radius 3 is 1.40 bits per heavy atom. The lowest BCUT2D eigenvalue weighted by molar-refractivity contribution is 0.0956. The van der Waals surface area contributed by atoms with E-state index in [1.807, 2.05) is 31.2 Å². The molecule has 0 bridgehead atoms. The highest BCUT2D eigenvalue weighted by molar-refractivity contribution is 7.92. The third-order valence-electron chi connectivity index (χ3n) is 15.0. The van der Waals surface area contributed by atoms with Crippen LogP contribution in [0.4, 0.5) is 20.2 Å². The number of hydrogen-bond donors (Lipinski definition) is 5. The molecule has 0 saturated heterocycles. The lowest BCUT2D eigenvalue weighted by Gasteiger charge is -2.20. The van der Waals surface area contributed by atoms with Crippen molar-refractivity contribution in [3.05, 3.63) is 185 Å². The van der Waals surface area contributed by atoms with E-state index in [1.165, 1.54) is 94.9 Å². The van der Waals surface area contributed by atoms with Crippen molar-refractivity contribution in [3.8, 4) is 73.7 Å². The monoisotopic (exact) mass is 1230 g/mol. The van der Waals surface area contributed by atoms with Crippen molar-refractivity contribution < 1.29 is 60.8 Å². The molecule has 12 rings (SSSR count). The number of nitrogens with zero attached hydrogens (tertiary/aromatic N) is 8. The van der Waals surface area contributed by atoms with Crippen LogP contribution in [0.1, 0.15) is 38.8 Å². The number of hydrogen-bond acceptors (Lipinski definition) is 15. The summed E-state index contributed by atoms with van der Waals surface area (Å²) in [4.78, 5) is 36.0. The largest absolute Gasteiger partial charge is 0.506 e. The summed E-state index contributed by atoms with van der Waals surface area (Å²) < 4.78 is 96.2. The summed E-state index contributed by atoms with van der Waals surface area (Å²) >= 11 is 0. The molecule has 0 unspecified atom stereocenters. The summed E-state index contributed by atoms with van der Waals surface area (Å²) in [5.74, 6) is -1.65. The van der Waals surface area contributed by atoms with Crippen LogP contribution in [-0.2, 0) is 33.3 Å². The van der Waals surface area contributed by atoms with Gasteiger partial charge in [-0.2, -0.15) is 10.2 Å². The van der Waals surface area contributed by atoms with Gasteiger partial charge in [-0.25, -0.2) is 44.6 Å². The topological polar surface area (TPSA) is 280 Å². The van der Waals surface area contributed by atoms with Gasteiger partial charge in [-0.3, -0.25) is 18.2 Å². The molecule has 25 heteroatoms. The number of carbonyl (C=O) groups excluding carboxylic acids is 2. The van der Waals surface area contributed by atoms with Crippen LogP contribution < -0.4 is 19.2 Å². The number of aromatic hydroxyl groups is 1. The number of furan rings is 2. The molecule has 12 aromatic rings. The number of sulfonamides is 2. The molecule has 0 fully saturated rings. The fourth-order valence-electron chi connectivity index (χ4n) is 10.3. The SMILES string of the molecule is CNC(=O)c1c(-c2ccc(F)cc2)oc2cc(N(C)S(C)(=O)=O)c(-c3ccc(C)c(-c4nn5ccccc5c4CO)n3)cc12.CNC(=O)c1c(-c2ccc(F)cc2)oc2cc(N(C)S(C)(=O)=O)c(-c3ccc(O)c(-c4nn5ccccc5c4CO)n3)cc12.[HH]. The molecule has 4 aromatic carbocycles. The number of anilines is 2. The second-order valence-corrected chi connectivity index (χ2v) is 24.5. The van der Waals surface area contributed by atoms with Gasteiger partial charge < -0.3 is 34.8 Å². The highest BCUT2D eigenvalue weighted by atomic mass is 32.2. The number of aliphatic hydroxyl groups excluding tert-OH is 2. The Kier molecular flexibility index (Phi) is 15.6. The number of aryl methyl sites for hydroxylation is 1. The number of amides is 2. The van der Waals surface area contributed by atoms with E-state index >= 15 is 0 Å². The van der Waals surface area contributed by atoms with Crippen LogP contribution in [0.5, 0.6) is 5.75 Å². The second-order valence-electron chi connectivity index (χ2n) is 20.4. The maximum absolute atomic E-state index is 13.7. The van der Waals surface area contributed by atoms with Crippen LogP contribution >= 0.6 is 0 Å². The molecule has 0 aliphatic heterocycles. The van der Waals surface area contributed by atoms with Gasteiger partial charge in [0.05, 0.1) is 76.3 Å². The molecular weight excluding hydrogens is 1170 g/mol. The van der Waals surface area contributed by atoms with Crippen molar-refractivity contribution in [1.29, 1.82) is 0 Å². The van der Waals surface area contributed by atoms with Crippen LogP contribution in [0.2, 0.25) is 0 Å². The number of rotatable bonds is 14. The summed E-state index contributed by atoms with van der Waals surface area (Å²) in [6, 6.07) is 34.7. The van der Waals surface area contributed by atoms with Gasteiger partial charge in [0.15, 0.2) is 0 Å². The van der Waals surface area contributed by atoms with E-state index in [1.54, 1.807) is 63.9 Å². The Morgan fingerprint density at radius 2 is 0.989 bits per heavy atom. The van der Waals surface area contributed by atoms with E-state index in [9.17, 15) is 50.5 Å². The number of pyridine rings is 4. The van der Waals surface area contributed by atoms with Crippen LogP contribution in [0.25, 0.3) is 101 Å². The number of fused-ring (bicyclic) bond motifs is 4. The number of aliphatic hydroxyl groups is 2. The van der Waals surface area contributed by atoms with Gasteiger partial charge in [0.2, 0.25) is 20.0 Å². The Labute approximate surface area is 503 Å². The highest BCUT2D eigenvalue weighted by Crippen LogP contribution is 2.45. The molecule has 450 valence electrons. The number of aromatic nitrogens is 6. The van der Waals surface area contributed by atoms with Gasteiger partial charge in [-0.1, -0.05) is 18.2 Å². The Balaban J connectivity index is 0.000000194. The van der Waals surface area contributed by atoms with E-state index < -0.39 is 43.5 Å². The lowest BCUT2D eigenvalue weighted by Crippen LogP contribution is -2.25. The Hall–Kier alpha value is -10.3. The zero-order valence-electron chi connectivity index (χ0n) is 48.0. The standard InChI is InChI=1S/C32H28FN5O5S.C31H26FN5O6S.H2/c1-18-8-13-24(35-29(18)30-23(17-39)25-7-5-6-14-38(25)36-30)21-15-22-27(16-26(21)37(3)44(4,41)42)43-31(28(22)32(40)34-2)19-9-11-20(33)12-10-19;1-33-31(40)27-20-14-19(22-11-12-25(39)29(34-22)28-21(16-38)23-6-4-5-13-37(23)35-28)24(36(2)44(3,41)42)15-26(20)43-30(27)17-7-9-18(32)10-8-17;/h5-16,39H,17H2,1-4H3,(H,34,40);4-15,38-39H,16H2,1-3H3,(H,33,40);1H. The Bertz CT molecular complexity index is 4700. The molecule has 0 spiro atoms. The van der Waals surface area contributed by atoms with E-state index in [-0.39, 0.29) is 82.7 Å². The number of halogens is 2. The van der Waals surface area contributed by atoms with Crippen molar-refractivity contribution >= 4 is 76.2 Å². The van der Waals surface area contributed by atoms with Crippen LogP contribution in [0.15, 0.2) is 155 Å². The van der Waals surface area contributed by atoms with Gasteiger partial charge >= 0.3 is 0 Å². The smallest absolute Gasteiger partial charge is 0.255 e. The van der Waals surface area contributed by atoms with E-state index in [2.05, 4.69) is 25.8 Å². The molecule has 21 nitrogen and oxygen atoms in total. The van der Waals surface area contributed by atoms with Crippen molar-refractivity contribution in [2.24, 2.45) is 0 Å². The lowest BCUT2D eigenvalue weighted by atomic mass is 9.99. The van der Waals surface area contributed by atoms with Crippen LogP contribution in [-0.4, -0.2) is 114 Å². The molecule has 0 atom stereocenters. The summed E-state index contributed by atoms with van der Waals surface area (Å²) in [7, 11) is -1.79. The molecule has 0 radical (unpaired) electrons. The number of carbonyl (C=O) groups is 2. The fourth-order valence-corrected chi connectivity index (χ4v) is 11.4. The normalized spacial score (nSPS) is 11.8. The van der Waals surface area contributed by atoms with Crippen molar-refractivity contribution in [2.75, 3.05) is 49.3 Å². The third-order valence-corrected chi connectivity index (χ3v) is 17.4.